The van der Waals surface area contributed by atoms with Crippen LogP contribution in [0.4, 0.5) is 0 Å². The van der Waals surface area contributed by atoms with E-state index in [1.165, 1.54) is 0 Å². The topological polar surface area (TPSA) is 26.3 Å². The first-order chi connectivity index (χ1) is 6.42. The first-order valence-electron chi connectivity index (χ1n) is 4.53. The van der Waals surface area contributed by atoms with Crippen LogP contribution in [-0.4, -0.2) is 12.9 Å². The second-order valence-corrected chi connectivity index (χ2v) is 3.29. The van der Waals surface area contributed by atoms with E-state index >= 15 is 0 Å². The third-order valence-electron chi connectivity index (χ3n) is 2.44. The minimum Gasteiger partial charge on any atom is -0.373 e. The molecular formula is C11H12O2. The Hall–Kier alpha value is -1.15. The zero-order valence-electron chi connectivity index (χ0n) is 7.35. The summed E-state index contributed by atoms with van der Waals surface area (Å²) >= 11 is 0. The summed E-state index contributed by atoms with van der Waals surface area (Å²) in [6.45, 7) is 0.697. The van der Waals surface area contributed by atoms with Crippen molar-refractivity contribution in [3.8, 4) is 0 Å². The molecule has 0 N–H and O–H groups in total. The van der Waals surface area contributed by atoms with Crippen LogP contribution >= 0.6 is 0 Å². The highest BCUT2D eigenvalue weighted by molar-refractivity contribution is 5.55. The number of aldehydes is 1. The second-order valence-electron chi connectivity index (χ2n) is 3.29. The normalized spacial score (nSPS) is 27.4. The van der Waals surface area contributed by atoms with Gasteiger partial charge >= 0.3 is 0 Å². The fourth-order valence-electron chi connectivity index (χ4n) is 1.73. The smallest absolute Gasteiger partial charge is 0.126 e. The maximum atomic E-state index is 10.7. The highest BCUT2D eigenvalue weighted by Crippen LogP contribution is 2.32. The average molecular weight is 176 g/mol. The van der Waals surface area contributed by atoms with E-state index in [1.54, 1.807) is 0 Å². The SMILES string of the molecule is O=C[C@H]1CCO[C@H]1c1ccccc1. The molecule has 2 nitrogen and oxygen atoms in total. The molecule has 0 aromatic heterocycles. The van der Waals surface area contributed by atoms with E-state index in [0.717, 1.165) is 18.3 Å². The predicted molar refractivity (Wildman–Crippen MR) is 49.3 cm³/mol. The standard InChI is InChI=1S/C11H12O2/c12-8-10-6-7-13-11(10)9-4-2-1-3-5-9/h1-5,8,10-11H,6-7H2/t10-,11+/m1/s1. The van der Waals surface area contributed by atoms with E-state index in [4.69, 9.17) is 4.74 Å². The van der Waals surface area contributed by atoms with Gasteiger partial charge in [-0.3, -0.25) is 0 Å². The lowest BCUT2D eigenvalue weighted by Gasteiger charge is -2.13. The Labute approximate surface area is 77.5 Å². The van der Waals surface area contributed by atoms with Crippen LogP contribution < -0.4 is 0 Å². The number of carbonyl (C=O) groups is 1. The molecular weight excluding hydrogens is 164 g/mol. The van der Waals surface area contributed by atoms with Crippen LogP contribution in [-0.2, 0) is 9.53 Å². The number of carbonyl (C=O) groups excluding carboxylic acids is 1. The molecule has 0 spiro atoms. The molecule has 0 unspecified atom stereocenters. The Morgan fingerprint density at radius 1 is 1.31 bits per heavy atom. The third-order valence-corrected chi connectivity index (χ3v) is 2.44. The molecule has 1 heterocycles. The molecule has 1 aromatic rings. The lowest BCUT2D eigenvalue weighted by atomic mass is 9.97. The van der Waals surface area contributed by atoms with Gasteiger partial charge in [-0.1, -0.05) is 30.3 Å². The van der Waals surface area contributed by atoms with Crippen molar-refractivity contribution in [2.75, 3.05) is 6.61 Å². The first kappa shape index (κ1) is 8.45. The molecule has 1 aliphatic rings. The van der Waals surface area contributed by atoms with Gasteiger partial charge in [0.2, 0.25) is 0 Å². The van der Waals surface area contributed by atoms with E-state index in [1.807, 2.05) is 30.3 Å². The maximum absolute atomic E-state index is 10.7. The van der Waals surface area contributed by atoms with E-state index < -0.39 is 0 Å². The van der Waals surface area contributed by atoms with Crippen LogP contribution in [0.15, 0.2) is 30.3 Å². The van der Waals surface area contributed by atoms with Gasteiger partial charge < -0.3 is 9.53 Å². The molecule has 0 radical (unpaired) electrons. The highest BCUT2D eigenvalue weighted by Gasteiger charge is 2.28. The summed E-state index contributed by atoms with van der Waals surface area (Å²) in [4.78, 5) is 10.7. The summed E-state index contributed by atoms with van der Waals surface area (Å²) in [6.07, 6.45) is 1.84. The number of hydrogen-bond donors (Lipinski definition) is 0. The molecule has 0 bridgehead atoms. The van der Waals surface area contributed by atoms with Gasteiger partial charge in [-0.05, 0) is 12.0 Å². The summed E-state index contributed by atoms with van der Waals surface area (Å²) in [5.41, 5.74) is 1.11. The summed E-state index contributed by atoms with van der Waals surface area (Å²) in [6, 6.07) is 9.92. The zero-order chi connectivity index (χ0) is 9.10. The quantitative estimate of drug-likeness (QED) is 0.644. The van der Waals surface area contributed by atoms with Crippen LogP contribution in [0, 0.1) is 5.92 Å². The minimum absolute atomic E-state index is 0.0151. The number of ether oxygens (including phenoxy) is 1. The maximum Gasteiger partial charge on any atom is 0.126 e. The molecule has 1 aliphatic heterocycles. The van der Waals surface area contributed by atoms with Crippen molar-refractivity contribution >= 4 is 6.29 Å². The van der Waals surface area contributed by atoms with E-state index in [-0.39, 0.29) is 12.0 Å². The molecule has 2 rings (SSSR count). The highest BCUT2D eigenvalue weighted by atomic mass is 16.5. The van der Waals surface area contributed by atoms with Gasteiger partial charge in [-0.25, -0.2) is 0 Å². The van der Waals surface area contributed by atoms with Gasteiger partial charge in [0.05, 0.1) is 6.10 Å². The summed E-state index contributed by atoms with van der Waals surface area (Å²) in [5, 5.41) is 0. The van der Waals surface area contributed by atoms with Crippen LogP contribution in [0.2, 0.25) is 0 Å². The monoisotopic (exact) mass is 176 g/mol. The van der Waals surface area contributed by atoms with Crippen LogP contribution in [0.3, 0.4) is 0 Å². The van der Waals surface area contributed by atoms with Gasteiger partial charge in [-0.2, -0.15) is 0 Å². The van der Waals surface area contributed by atoms with Crippen LogP contribution in [0.25, 0.3) is 0 Å². The molecule has 0 saturated carbocycles. The van der Waals surface area contributed by atoms with Gasteiger partial charge in [0.25, 0.3) is 0 Å². The summed E-state index contributed by atoms with van der Waals surface area (Å²) in [5.74, 6) is 0.0439. The molecule has 2 atom stereocenters. The summed E-state index contributed by atoms with van der Waals surface area (Å²) < 4.78 is 5.51. The van der Waals surface area contributed by atoms with Gasteiger partial charge in [0, 0.05) is 12.5 Å². The van der Waals surface area contributed by atoms with E-state index in [0.29, 0.717) is 6.61 Å². The van der Waals surface area contributed by atoms with Crippen molar-refractivity contribution in [1.29, 1.82) is 0 Å². The fourth-order valence-corrected chi connectivity index (χ4v) is 1.73. The van der Waals surface area contributed by atoms with Crippen molar-refractivity contribution in [3.63, 3.8) is 0 Å². The fraction of sp³-hybridized carbons (Fsp3) is 0.364. The number of rotatable bonds is 2. The Morgan fingerprint density at radius 3 is 2.77 bits per heavy atom. The molecule has 2 heteroatoms. The summed E-state index contributed by atoms with van der Waals surface area (Å²) in [7, 11) is 0. The Kier molecular flexibility index (Phi) is 2.41. The van der Waals surface area contributed by atoms with Crippen molar-refractivity contribution < 1.29 is 9.53 Å². The van der Waals surface area contributed by atoms with Crippen molar-refractivity contribution in [2.24, 2.45) is 5.92 Å². The molecule has 1 saturated heterocycles. The third kappa shape index (κ3) is 1.63. The van der Waals surface area contributed by atoms with Gasteiger partial charge in [-0.15, -0.1) is 0 Å². The van der Waals surface area contributed by atoms with E-state index in [2.05, 4.69) is 0 Å². The van der Waals surface area contributed by atoms with Crippen LogP contribution in [0.1, 0.15) is 18.1 Å². The molecule has 1 aromatic carbocycles. The number of benzene rings is 1. The van der Waals surface area contributed by atoms with Crippen molar-refractivity contribution in [1.82, 2.24) is 0 Å². The van der Waals surface area contributed by atoms with Gasteiger partial charge in [0.15, 0.2) is 0 Å². The molecule has 13 heavy (non-hydrogen) atoms. The first-order valence-corrected chi connectivity index (χ1v) is 4.53. The van der Waals surface area contributed by atoms with Gasteiger partial charge in [0.1, 0.15) is 6.29 Å². The second kappa shape index (κ2) is 3.71. The van der Waals surface area contributed by atoms with Crippen LogP contribution in [0.5, 0.6) is 0 Å². The largest absolute Gasteiger partial charge is 0.373 e. The van der Waals surface area contributed by atoms with Crippen molar-refractivity contribution in [3.05, 3.63) is 35.9 Å². The molecule has 1 fully saturated rings. The lowest BCUT2D eigenvalue weighted by molar-refractivity contribution is -0.112. The molecule has 0 aliphatic carbocycles. The predicted octanol–water partition coefficient (Wildman–Crippen LogP) is 1.96. The van der Waals surface area contributed by atoms with Crippen molar-refractivity contribution in [2.45, 2.75) is 12.5 Å². The Balaban J connectivity index is 2.21. The minimum atomic E-state index is -0.0151. The number of hydrogen-bond acceptors (Lipinski definition) is 2. The Bertz CT molecular complexity index is 281. The van der Waals surface area contributed by atoms with E-state index in [9.17, 15) is 4.79 Å². The zero-order valence-corrected chi connectivity index (χ0v) is 7.35. The molecule has 68 valence electrons. The average Bonchev–Trinajstić information content (AvgIpc) is 2.67. The molecule has 0 amide bonds. The Morgan fingerprint density at radius 2 is 2.08 bits per heavy atom. The lowest BCUT2D eigenvalue weighted by Crippen LogP contribution is -2.08.